The van der Waals surface area contributed by atoms with Gasteiger partial charge in [-0.3, -0.25) is 9.59 Å². The van der Waals surface area contributed by atoms with Crippen molar-refractivity contribution in [3.63, 3.8) is 0 Å². The Morgan fingerprint density at radius 1 is 1.14 bits per heavy atom. The molecule has 28 heavy (non-hydrogen) atoms. The van der Waals surface area contributed by atoms with Crippen LogP contribution >= 0.6 is 50.9 Å². The van der Waals surface area contributed by atoms with Crippen LogP contribution in [0.4, 0.5) is 0 Å². The summed E-state index contributed by atoms with van der Waals surface area (Å²) in [6.07, 6.45) is 3.10. The molecule has 2 aromatic carbocycles. The first-order valence-electron chi connectivity index (χ1n) is 8.67. The van der Waals surface area contributed by atoms with Crippen molar-refractivity contribution >= 4 is 62.7 Å². The zero-order valence-corrected chi connectivity index (χ0v) is 19.2. The summed E-state index contributed by atoms with van der Waals surface area (Å²) in [6.45, 7) is 0.421. The van der Waals surface area contributed by atoms with Crippen molar-refractivity contribution in [2.45, 2.75) is 18.9 Å². The van der Waals surface area contributed by atoms with Crippen LogP contribution in [-0.4, -0.2) is 36.4 Å². The number of hydrogen-bond acceptors (Lipinski definition) is 3. The highest BCUT2D eigenvalue weighted by Gasteiger charge is 2.21. The summed E-state index contributed by atoms with van der Waals surface area (Å²) in [7, 11) is 0. The van der Waals surface area contributed by atoms with E-state index in [2.05, 4.69) is 26.6 Å². The van der Waals surface area contributed by atoms with Gasteiger partial charge in [0.25, 0.3) is 5.91 Å². The second-order valence-electron chi connectivity index (χ2n) is 6.09. The molecular formula is C20H21BrCl2N2O2S. The van der Waals surface area contributed by atoms with Crippen LogP contribution in [0.25, 0.3) is 0 Å². The third kappa shape index (κ3) is 7.32. The lowest BCUT2D eigenvalue weighted by molar-refractivity contribution is -0.122. The van der Waals surface area contributed by atoms with Gasteiger partial charge in [0.15, 0.2) is 0 Å². The van der Waals surface area contributed by atoms with Crippen molar-refractivity contribution < 1.29 is 9.59 Å². The van der Waals surface area contributed by atoms with Crippen LogP contribution in [0.5, 0.6) is 0 Å². The molecule has 0 saturated heterocycles. The van der Waals surface area contributed by atoms with Gasteiger partial charge in [0.2, 0.25) is 5.91 Å². The summed E-state index contributed by atoms with van der Waals surface area (Å²) >= 11 is 17.0. The third-order valence-electron chi connectivity index (χ3n) is 4.05. The molecule has 2 amide bonds. The van der Waals surface area contributed by atoms with Gasteiger partial charge in [-0.2, -0.15) is 11.8 Å². The van der Waals surface area contributed by atoms with Gasteiger partial charge in [-0.15, -0.1) is 0 Å². The zero-order valence-electron chi connectivity index (χ0n) is 15.3. The van der Waals surface area contributed by atoms with Crippen LogP contribution in [0, 0.1) is 0 Å². The van der Waals surface area contributed by atoms with E-state index in [1.165, 1.54) is 0 Å². The Bertz CT molecular complexity index is 818. The topological polar surface area (TPSA) is 58.2 Å². The van der Waals surface area contributed by atoms with Gasteiger partial charge < -0.3 is 10.6 Å². The molecule has 4 nitrogen and oxygen atoms in total. The molecule has 2 rings (SSSR count). The number of nitrogens with one attached hydrogen (secondary N) is 2. The number of hydrogen-bond donors (Lipinski definition) is 2. The summed E-state index contributed by atoms with van der Waals surface area (Å²) < 4.78 is 0.890. The number of thioether (sulfide) groups is 1. The lowest BCUT2D eigenvalue weighted by atomic mass is 10.1. The van der Waals surface area contributed by atoms with Gasteiger partial charge in [-0.25, -0.2) is 0 Å². The predicted octanol–water partition coefficient (Wildman–Crippen LogP) is 4.97. The van der Waals surface area contributed by atoms with E-state index in [0.717, 1.165) is 15.8 Å². The number of rotatable bonds is 9. The van der Waals surface area contributed by atoms with Crippen LogP contribution in [0.2, 0.25) is 10.0 Å². The first kappa shape index (κ1) is 23.1. The molecule has 0 aromatic heterocycles. The van der Waals surface area contributed by atoms with Gasteiger partial charge >= 0.3 is 0 Å². The Morgan fingerprint density at radius 3 is 2.50 bits per heavy atom. The molecule has 0 aliphatic heterocycles. The van der Waals surface area contributed by atoms with Crippen molar-refractivity contribution in [2.75, 3.05) is 18.6 Å². The van der Waals surface area contributed by atoms with Crippen LogP contribution < -0.4 is 10.6 Å². The number of carbonyl (C=O) groups excluding carboxylic acids is 2. The average molecular weight is 504 g/mol. The number of halogens is 3. The molecule has 0 saturated carbocycles. The number of carbonyl (C=O) groups is 2. The Labute approximate surface area is 187 Å². The van der Waals surface area contributed by atoms with Crippen LogP contribution in [0.3, 0.4) is 0 Å². The highest BCUT2D eigenvalue weighted by molar-refractivity contribution is 9.10. The van der Waals surface area contributed by atoms with E-state index in [1.807, 2.05) is 12.3 Å². The first-order valence-corrected chi connectivity index (χ1v) is 11.6. The number of benzene rings is 2. The molecule has 0 unspecified atom stereocenters. The minimum absolute atomic E-state index is 0.204. The maximum atomic E-state index is 12.6. The van der Waals surface area contributed by atoms with Crippen molar-refractivity contribution in [1.82, 2.24) is 10.6 Å². The van der Waals surface area contributed by atoms with E-state index in [1.54, 1.807) is 48.2 Å². The molecule has 0 aliphatic rings. The van der Waals surface area contributed by atoms with E-state index >= 15 is 0 Å². The van der Waals surface area contributed by atoms with Gasteiger partial charge in [-0.1, -0.05) is 45.2 Å². The predicted molar refractivity (Wildman–Crippen MR) is 122 cm³/mol. The maximum Gasteiger partial charge on any atom is 0.251 e. The standard InChI is InChI=1S/C20H21BrCl2N2O2S/c1-28-11-9-18(25-19(26)14-2-5-15(21)6-3-14)20(27)24-10-8-13-4-7-16(22)12-17(13)23/h2-7,12,18H,8-11H2,1H3,(H,24,27)(H,25,26)/t18-/m0/s1. The highest BCUT2D eigenvalue weighted by Crippen LogP contribution is 2.21. The Hall–Kier alpha value is -1.21. The van der Waals surface area contributed by atoms with Crippen molar-refractivity contribution in [3.05, 3.63) is 68.1 Å². The zero-order chi connectivity index (χ0) is 20.5. The Balaban J connectivity index is 1.94. The molecule has 150 valence electrons. The Kier molecular flexibility index (Phi) is 9.65. The quantitative estimate of drug-likeness (QED) is 0.508. The van der Waals surface area contributed by atoms with E-state index in [4.69, 9.17) is 23.2 Å². The molecule has 0 heterocycles. The van der Waals surface area contributed by atoms with Gasteiger partial charge in [-0.05, 0) is 66.8 Å². The van der Waals surface area contributed by atoms with Crippen molar-refractivity contribution in [1.29, 1.82) is 0 Å². The molecular weight excluding hydrogens is 483 g/mol. The monoisotopic (exact) mass is 502 g/mol. The number of amides is 2. The van der Waals surface area contributed by atoms with E-state index < -0.39 is 6.04 Å². The van der Waals surface area contributed by atoms with Crippen LogP contribution in [0.15, 0.2) is 46.9 Å². The molecule has 2 N–H and O–H groups in total. The minimum atomic E-state index is -0.593. The third-order valence-corrected chi connectivity index (χ3v) is 5.81. The molecule has 0 spiro atoms. The molecule has 0 bridgehead atoms. The highest BCUT2D eigenvalue weighted by atomic mass is 79.9. The van der Waals surface area contributed by atoms with Gasteiger partial charge in [0.05, 0.1) is 0 Å². The second-order valence-corrected chi connectivity index (χ2v) is 8.84. The Morgan fingerprint density at radius 2 is 1.86 bits per heavy atom. The SMILES string of the molecule is CSCC[C@H](NC(=O)c1ccc(Br)cc1)C(=O)NCCc1ccc(Cl)cc1Cl. The van der Waals surface area contributed by atoms with Crippen LogP contribution in [-0.2, 0) is 11.2 Å². The molecule has 0 radical (unpaired) electrons. The summed E-state index contributed by atoms with van der Waals surface area (Å²) in [4.78, 5) is 25.1. The molecule has 0 fully saturated rings. The lowest BCUT2D eigenvalue weighted by Gasteiger charge is -2.18. The maximum absolute atomic E-state index is 12.6. The average Bonchev–Trinajstić information content (AvgIpc) is 2.67. The summed E-state index contributed by atoms with van der Waals surface area (Å²) in [5.41, 5.74) is 1.42. The van der Waals surface area contributed by atoms with E-state index in [0.29, 0.717) is 35.0 Å². The summed E-state index contributed by atoms with van der Waals surface area (Å²) in [5, 5.41) is 6.87. The normalized spacial score (nSPS) is 11.7. The molecule has 1 atom stereocenters. The van der Waals surface area contributed by atoms with Crippen molar-refractivity contribution in [3.8, 4) is 0 Å². The smallest absolute Gasteiger partial charge is 0.251 e. The van der Waals surface area contributed by atoms with Gasteiger partial charge in [0, 0.05) is 26.6 Å². The minimum Gasteiger partial charge on any atom is -0.354 e. The van der Waals surface area contributed by atoms with E-state index in [-0.39, 0.29) is 11.8 Å². The summed E-state index contributed by atoms with van der Waals surface area (Å²) in [5.74, 6) is 0.293. The fourth-order valence-corrected chi connectivity index (χ4v) is 3.75. The lowest BCUT2D eigenvalue weighted by Crippen LogP contribution is -2.47. The molecule has 8 heteroatoms. The first-order chi connectivity index (χ1) is 13.4. The van der Waals surface area contributed by atoms with Gasteiger partial charge in [0.1, 0.15) is 6.04 Å². The fraction of sp³-hybridized carbons (Fsp3) is 0.300. The fourth-order valence-electron chi connectivity index (χ4n) is 2.52. The summed E-state index contributed by atoms with van der Waals surface area (Å²) in [6, 6.07) is 11.7. The second kappa shape index (κ2) is 11.7. The van der Waals surface area contributed by atoms with Crippen molar-refractivity contribution in [2.24, 2.45) is 0 Å². The largest absolute Gasteiger partial charge is 0.354 e. The molecule has 2 aromatic rings. The van der Waals surface area contributed by atoms with E-state index in [9.17, 15) is 9.59 Å². The molecule has 0 aliphatic carbocycles. The van der Waals surface area contributed by atoms with Crippen LogP contribution in [0.1, 0.15) is 22.3 Å².